The van der Waals surface area contributed by atoms with E-state index in [1.54, 1.807) is 12.3 Å². The SMILES string of the molecule is CC.Cc1cncc(OCc2ccc(C3=NC(C(F)(F)F)ON3)c(F)c2)c1. The lowest BCUT2D eigenvalue weighted by atomic mass is 10.1. The average molecular weight is 385 g/mol. The molecule has 1 aromatic heterocycles. The number of nitrogens with one attached hydrogen (secondary N) is 1. The van der Waals surface area contributed by atoms with Crippen LogP contribution in [0.15, 0.2) is 41.7 Å². The van der Waals surface area contributed by atoms with E-state index in [9.17, 15) is 17.6 Å². The molecule has 2 heterocycles. The van der Waals surface area contributed by atoms with Crippen LogP contribution in [-0.4, -0.2) is 23.2 Å². The van der Waals surface area contributed by atoms with E-state index in [0.717, 1.165) is 5.56 Å². The van der Waals surface area contributed by atoms with Crippen LogP contribution in [0.1, 0.15) is 30.5 Å². The Morgan fingerprint density at radius 1 is 1.19 bits per heavy atom. The highest BCUT2D eigenvalue weighted by Crippen LogP contribution is 2.27. The highest BCUT2D eigenvalue weighted by Gasteiger charge is 2.44. The van der Waals surface area contributed by atoms with E-state index in [1.165, 1.54) is 24.4 Å². The first kappa shape index (κ1) is 20.6. The highest BCUT2D eigenvalue weighted by atomic mass is 19.4. The van der Waals surface area contributed by atoms with Crippen molar-refractivity contribution in [2.75, 3.05) is 0 Å². The molecule has 1 aliphatic heterocycles. The number of pyridine rings is 1. The Labute approximate surface area is 154 Å². The zero-order valence-corrected chi connectivity index (χ0v) is 15.0. The predicted molar refractivity (Wildman–Crippen MR) is 91.7 cm³/mol. The molecular weight excluding hydrogens is 366 g/mol. The number of nitrogens with zero attached hydrogens (tertiary/aromatic N) is 2. The summed E-state index contributed by atoms with van der Waals surface area (Å²) in [6.07, 6.45) is -3.81. The summed E-state index contributed by atoms with van der Waals surface area (Å²) in [4.78, 5) is 11.6. The molecule has 0 spiro atoms. The molecule has 0 saturated carbocycles. The van der Waals surface area contributed by atoms with Gasteiger partial charge in [0.1, 0.15) is 18.2 Å². The number of benzene rings is 1. The highest BCUT2D eigenvalue weighted by molar-refractivity contribution is 5.99. The van der Waals surface area contributed by atoms with Gasteiger partial charge in [-0.15, -0.1) is 0 Å². The number of hydroxylamine groups is 1. The van der Waals surface area contributed by atoms with Gasteiger partial charge in [-0.3, -0.25) is 4.98 Å². The van der Waals surface area contributed by atoms with Crippen LogP contribution in [0.2, 0.25) is 0 Å². The number of aromatic nitrogens is 1. The van der Waals surface area contributed by atoms with Crippen molar-refractivity contribution in [1.29, 1.82) is 0 Å². The molecule has 1 aromatic carbocycles. The molecule has 2 aromatic rings. The summed E-state index contributed by atoms with van der Waals surface area (Å²) >= 11 is 0. The van der Waals surface area contributed by atoms with Crippen molar-refractivity contribution in [3.63, 3.8) is 0 Å². The van der Waals surface area contributed by atoms with Gasteiger partial charge < -0.3 is 4.74 Å². The predicted octanol–water partition coefficient (Wildman–Crippen LogP) is 4.30. The Morgan fingerprint density at radius 2 is 1.93 bits per heavy atom. The van der Waals surface area contributed by atoms with Gasteiger partial charge in [0.2, 0.25) is 0 Å². The normalized spacial score (nSPS) is 16.1. The fourth-order valence-electron chi connectivity index (χ4n) is 2.16. The van der Waals surface area contributed by atoms with E-state index >= 15 is 0 Å². The van der Waals surface area contributed by atoms with Gasteiger partial charge >= 0.3 is 6.18 Å². The minimum atomic E-state index is -4.67. The summed E-state index contributed by atoms with van der Waals surface area (Å²) < 4.78 is 57.2. The quantitative estimate of drug-likeness (QED) is 0.798. The van der Waals surface area contributed by atoms with Crippen molar-refractivity contribution in [3.8, 4) is 5.75 Å². The van der Waals surface area contributed by atoms with E-state index in [-0.39, 0.29) is 18.0 Å². The van der Waals surface area contributed by atoms with Gasteiger partial charge in [0.25, 0.3) is 6.23 Å². The fourth-order valence-corrected chi connectivity index (χ4v) is 2.16. The molecule has 0 aliphatic carbocycles. The van der Waals surface area contributed by atoms with Gasteiger partial charge in [0.05, 0.1) is 11.8 Å². The first-order valence-corrected chi connectivity index (χ1v) is 8.22. The molecule has 5 nitrogen and oxygen atoms in total. The van der Waals surface area contributed by atoms with E-state index in [4.69, 9.17) is 4.74 Å². The number of alkyl halides is 3. The number of ether oxygens (including phenoxy) is 1. The van der Waals surface area contributed by atoms with Crippen molar-refractivity contribution in [3.05, 3.63) is 59.2 Å². The lowest BCUT2D eigenvalue weighted by Crippen LogP contribution is -2.29. The van der Waals surface area contributed by atoms with Crippen molar-refractivity contribution in [1.82, 2.24) is 10.5 Å². The van der Waals surface area contributed by atoms with E-state index in [2.05, 4.69) is 14.8 Å². The van der Waals surface area contributed by atoms with Gasteiger partial charge in [-0.2, -0.15) is 13.2 Å². The zero-order chi connectivity index (χ0) is 20.0. The van der Waals surface area contributed by atoms with E-state index in [0.29, 0.717) is 11.3 Å². The first-order chi connectivity index (χ1) is 12.8. The maximum absolute atomic E-state index is 14.2. The molecule has 0 radical (unpaired) electrons. The Kier molecular flexibility index (Phi) is 6.73. The maximum Gasteiger partial charge on any atom is 0.437 e. The molecule has 1 unspecified atom stereocenters. The molecule has 0 bridgehead atoms. The van der Waals surface area contributed by atoms with Gasteiger partial charge in [-0.1, -0.05) is 19.9 Å². The van der Waals surface area contributed by atoms with Crippen LogP contribution in [0.3, 0.4) is 0 Å². The third kappa shape index (κ3) is 5.40. The molecular formula is C18H19F4N3O2. The van der Waals surface area contributed by atoms with Crippen LogP contribution in [-0.2, 0) is 11.4 Å². The third-order valence-electron chi connectivity index (χ3n) is 3.34. The Morgan fingerprint density at radius 3 is 2.52 bits per heavy atom. The van der Waals surface area contributed by atoms with Crippen LogP contribution >= 0.6 is 0 Å². The molecule has 1 atom stereocenters. The number of aryl methyl sites for hydroxylation is 1. The van der Waals surface area contributed by atoms with Gasteiger partial charge in [-0.25, -0.2) is 19.7 Å². The van der Waals surface area contributed by atoms with Crippen LogP contribution in [0.4, 0.5) is 17.6 Å². The summed E-state index contributed by atoms with van der Waals surface area (Å²) in [6.45, 7) is 5.95. The average Bonchev–Trinajstić information content (AvgIpc) is 3.12. The number of hydrogen-bond donors (Lipinski definition) is 1. The van der Waals surface area contributed by atoms with Crippen molar-refractivity contribution in [2.24, 2.45) is 4.99 Å². The second-order valence-corrected chi connectivity index (χ2v) is 5.39. The van der Waals surface area contributed by atoms with E-state index in [1.807, 2.05) is 26.3 Å². The molecule has 3 rings (SSSR count). The van der Waals surface area contributed by atoms with Crippen LogP contribution < -0.4 is 10.2 Å². The molecule has 27 heavy (non-hydrogen) atoms. The lowest BCUT2D eigenvalue weighted by molar-refractivity contribution is -0.220. The van der Waals surface area contributed by atoms with Crippen LogP contribution in [0, 0.1) is 12.7 Å². The molecule has 146 valence electrons. The van der Waals surface area contributed by atoms with Crippen molar-refractivity contribution in [2.45, 2.75) is 39.8 Å². The topological polar surface area (TPSA) is 55.7 Å². The first-order valence-electron chi connectivity index (χ1n) is 8.22. The zero-order valence-electron chi connectivity index (χ0n) is 15.0. The fraction of sp³-hybridized carbons (Fsp3) is 0.333. The van der Waals surface area contributed by atoms with Gasteiger partial charge in [0, 0.05) is 6.20 Å². The Hall–Kier alpha value is -2.68. The second kappa shape index (κ2) is 8.81. The largest absolute Gasteiger partial charge is 0.487 e. The Bertz CT molecular complexity index is 809. The summed E-state index contributed by atoms with van der Waals surface area (Å²) in [5, 5.41) is 0. The maximum atomic E-state index is 14.2. The number of rotatable bonds is 4. The van der Waals surface area contributed by atoms with Crippen LogP contribution in [0.5, 0.6) is 5.75 Å². The summed E-state index contributed by atoms with van der Waals surface area (Å²) in [6, 6.07) is 5.80. The van der Waals surface area contributed by atoms with Crippen molar-refractivity contribution < 1.29 is 27.1 Å². The molecule has 1 aliphatic rings. The lowest BCUT2D eigenvalue weighted by Gasteiger charge is -2.09. The smallest absolute Gasteiger partial charge is 0.437 e. The number of halogens is 4. The number of amidine groups is 1. The number of hydrogen-bond acceptors (Lipinski definition) is 5. The number of aliphatic imine (C=N–C) groups is 1. The van der Waals surface area contributed by atoms with Gasteiger partial charge in [-0.05, 0) is 36.2 Å². The minimum Gasteiger partial charge on any atom is -0.487 e. The minimum absolute atomic E-state index is 0.0872. The molecule has 9 heteroatoms. The van der Waals surface area contributed by atoms with Crippen molar-refractivity contribution >= 4 is 5.84 Å². The van der Waals surface area contributed by atoms with Crippen LogP contribution in [0.25, 0.3) is 0 Å². The summed E-state index contributed by atoms with van der Waals surface area (Å²) in [5.74, 6) is -0.510. The molecule has 0 amide bonds. The molecule has 1 N–H and O–H groups in total. The third-order valence-corrected chi connectivity index (χ3v) is 3.34. The summed E-state index contributed by atoms with van der Waals surface area (Å²) in [7, 11) is 0. The van der Waals surface area contributed by atoms with Gasteiger partial charge in [0.15, 0.2) is 5.84 Å². The van der Waals surface area contributed by atoms with E-state index < -0.39 is 18.2 Å². The molecule has 0 fully saturated rings. The monoisotopic (exact) mass is 385 g/mol. The standard InChI is InChI=1S/C16H13F4N3O2.C2H6/c1-9-4-11(7-21-6-9)24-8-10-2-3-12(13(17)5-10)14-22-15(25-23-14)16(18,19)20;1-2/h2-7,15H,8H2,1H3,(H,22,23);1-2H3. The second-order valence-electron chi connectivity index (χ2n) is 5.39. The Balaban J connectivity index is 0.00000126. The molecule has 0 saturated heterocycles. The summed E-state index contributed by atoms with van der Waals surface area (Å²) in [5.41, 5.74) is 3.32.